The summed E-state index contributed by atoms with van der Waals surface area (Å²) in [6, 6.07) is -1.17. The molecule has 0 aromatic rings. The molecule has 0 heterocycles. The van der Waals surface area contributed by atoms with Gasteiger partial charge < -0.3 is 18.4 Å². The van der Waals surface area contributed by atoms with Gasteiger partial charge in [-0.15, -0.1) is 0 Å². The molecule has 7 N–H and O–H groups in total. The SMILES string of the molecule is NC(=O)NOP(=O)(O)O.O=S(=O)(O)O.[Ca+2].[H-].[H-]. The number of hydrogen-bond donors (Lipinski definition) is 6. The van der Waals surface area contributed by atoms with E-state index in [4.69, 9.17) is 27.3 Å². The van der Waals surface area contributed by atoms with E-state index < -0.39 is 24.3 Å². The Bertz CT molecular complexity index is 320. The number of nitrogens with two attached hydrogens (primary N) is 1. The van der Waals surface area contributed by atoms with Crippen molar-refractivity contribution in [3.8, 4) is 0 Å². The Morgan fingerprint density at radius 2 is 1.67 bits per heavy atom. The summed E-state index contributed by atoms with van der Waals surface area (Å²) in [5.74, 6) is 0. The van der Waals surface area contributed by atoms with Crippen LogP contribution in [0.1, 0.15) is 2.85 Å². The third-order valence-electron chi connectivity index (χ3n) is 0.265. The van der Waals surface area contributed by atoms with Crippen molar-refractivity contribution >= 4 is 62.0 Å². The van der Waals surface area contributed by atoms with E-state index in [0.29, 0.717) is 0 Å². The van der Waals surface area contributed by atoms with E-state index in [-0.39, 0.29) is 40.6 Å². The fourth-order valence-electron chi connectivity index (χ4n) is 0.104. The minimum Gasteiger partial charge on any atom is -1.00 e. The summed E-state index contributed by atoms with van der Waals surface area (Å²) >= 11 is 0. The molecule has 0 aliphatic heterocycles. The Kier molecular flexibility index (Phi) is 12.0. The third kappa shape index (κ3) is 53.6. The third-order valence-corrected chi connectivity index (χ3v) is 0.594. The van der Waals surface area contributed by atoms with Crippen molar-refractivity contribution in [2.75, 3.05) is 0 Å². The van der Waals surface area contributed by atoms with Crippen LogP contribution in [0.3, 0.4) is 0 Å². The van der Waals surface area contributed by atoms with Crippen molar-refractivity contribution < 1.29 is 44.1 Å². The first kappa shape index (κ1) is 20.9. The van der Waals surface area contributed by atoms with Crippen molar-refractivity contribution in [1.29, 1.82) is 0 Å². The van der Waals surface area contributed by atoms with E-state index in [0.717, 1.165) is 0 Å². The van der Waals surface area contributed by atoms with Gasteiger partial charge in [0.15, 0.2) is 0 Å². The maximum Gasteiger partial charge on any atom is 2.00 e. The molecule has 2 amide bonds. The van der Waals surface area contributed by atoms with Gasteiger partial charge in [-0.2, -0.15) is 13.0 Å². The number of amides is 2. The van der Waals surface area contributed by atoms with Crippen LogP contribution in [0.4, 0.5) is 4.79 Å². The fraction of sp³-hybridized carbons (Fsp3) is 0. The molecule has 0 saturated heterocycles. The summed E-state index contributed by atoms with van der Waals surface area (Å²) in [6.07, 6.45) is 0. The van der Waals surface area contributed by atoms with Crippen LogP contribution in [0.15, 0.2) is 0 Å². The molecular formula is CH9CaN2O9PS. The molecule has 0 unspecified atom stereocenters. The zero-order chi connectivity index (χ0) is 12.0. The smallest absolute Gasteiger partial charge is 1.00 e. The molecule has 0 radical (unpaired) electrons. The summed E-state index contributed by atoms with van der Waals surface area (Å²) in [7, 11) is -9.30. The van der Waals surface area contributed by atoms with Crippen LogP contribution in [0.25, 0.3) is 0 Å². The van der Waals surface area contributed by atoms with Crippen LogP contribution in [0, 0.1) is 0 Å². The Morgan fingerprint density at radius 3 is 1.73 bits per heavy atom. The molecule has 0 aliphatic rings. The molecule has 0 aliphatic carbocycles. The second kappa shape index (κ2) is 8.64. The first-order chi connectivity index (χ1) is 5.92. The molecule has 0 spiro atoms. The van der Waals surface area contributed by atoms with Gasteiger partial charge in [-0.25, -0.2) is 14.8 Å². The molecule has 0 aromatic heterocycles. The van der Waals surface area contributed by atoms with Crippen LogP contribution in [-0.4, -0.2) is 71.1 Å². The molecule has 90 valence electrons. The molecule has 0 fully saturated rings. The number of primary amides is 1. The van der Waals surface area contributed by atoms with Gasteiger partial charge in [0.1, 0.15) is 0 Å². The number of hydroxylamine groups is 1. The largest absolute Gasteiger partial charge is 2.00 e. The van der Waals surface area contributed by atoms with Crippen LogP contribution in [-0.2, 0) is 19.6 Å². The number of carbonyl (C=O) groups is 1. The molecule has 11 nitrogen and oxygen atoms in total. The van der Waals surface area contributed by atoms with Crippen molar-refractivity contribution in [3.05, 3.63) is 0 Å². The van der Waals surface area contributed by atoms with E-state index in [1.807, 2.05) is 0 Å². The Balaban J connectivity index is -0.0000000533. The summed E-state index contributed by atoms with van der Waals surface area (Å²) in [4.78, 5) is 25.5. The monoisotopic (exact) mass is 296 g/mol. The molecular weight excluding hydrogens is 287 g/mol. The Morgan fingerprint density at radius 1 is 1.40 bits per heavy atom. The van der Waals surface area contributed by atoms with Gasteiger partial charge in [-0.3, -0.25) is 9.11 Å². The second-order valence-corrected chi connectivity index (χ2v) is 3.56. The predicted octanol–water partition coefficient (Wildman–Crippen LogP) is -2.13. The van der Waals surface area contributed by atoms with Gasteiger partial charge in [-0.05, 0) is 0 Å². The zero-order valence-corrected chi connectivity index (χ0v) is 10.9. The molecule has 14 heteroatoms. The molecule has 0 saturated carbocycles. The van der Waals surface area contributed by atoms with E-state index in [1.54, 1.807) is 0 Å². The average Bonchev–Trinajstić information content (AvgIpc) is 1.77. The van der Waals surface area contributed by atoms with E-state index in [2.05, 4.69) is 10.4 Å². The van der Waals surface area contributed by atoms with Gasteiger partial charge in [0.2, 0.25) is 0 Å². The number of phosphoric acid groups is 1. The topological polar surface area (TPSA) is 196 Å². The minimum atomic E-state index is -4.67. The number of urea groups is 1. The normalized spacial score (nSPS) is 10.4. The Labute approximate surface area is 117 Å². The van der Waals surface area contributed by atoms with Gasteiger partial charge in [-0.1, -0.05) is 0 Å². The maximum absolute atomic E-state index is 9.74. The quantitative estimate of drug-likeness (QED) is 0.143. The minimum absolute atomic E-state index is 0. The van der Waals surface area contributed by atoms with E-state index in [9.17, 15) is 9.36 Å². The molecule has 0 bridgehead atoms. The maximum atomic E-state index is 9.74. The van der Waals surface area contributed by atoms with Gasteiger partial charge >= 0.3 is 62.0 Å². The number of rotatable bonds is 2. The molecule has 15 heavy (non-hydrogen) atoms. The van der Waals surface area contributed by atoms with Gasteiger partial charge in [0.25, 0.3) is 0 Å². The van der Waals surface area contributed by atoms with E-state index in [1.165, 1.54) is 5.48 Å². The van der Waals surface area contributed by atoms with Crippen molar-refractivity contribution in [3.63, 3.8) is 0 Å². The summed E-state index contributed by atoms with van der Waals surface area (Å²) < 4.78 is 44.8. The average molecular weight is 296 g/mol. The van der Waals surface area contributed by atoms with Gasteiger partial charge in [0.05, 0.1) is 0 Å². The van der Waals surface area contributed by atoms with Crippen LogP contribution in [0.5, 0.6) is 0 Å². The number of hydrogen-bond acceptors (Lipinski definition) is 5. The summed E-state index contributed by atoms with van der Waals surface area (Å²) in [5.41, 5.74) is 5.64. The summed E-state index contributed by atoms with van der Waals surface area (Å²) in [6.45, 7) is 0. The molecule has 0 rings (SSSR count). The predicted molar refractivity (Wildman–Crippen MR) is 48.0 cm³/mol. The fourth-order valence-corrected chi connectivity index (χ4v) is 0.313. The van der Waals surface area contributed by atoms with E-state index >= 15 is 0 Å². The first-order valence-corrected chi connectivity index (χ1v) is 5.34. The zero-order valence-electron chi connectivity index (χ0n) is 8.97. The molecule has 0 aromatic carbocycles. The number of carbonyl (C=O) groups excluding carboxylic acids is 1. The van der Waals surface area contributed by atoms with Crippen LogP contribution in [0.2, 0.25) is 0 Å². The first-order valence-electron chi connectivity index (χ1n) is 2.41. The van der Waals surface area contributed by atoms with Crippen molar-refractivity contribution in [2.45, 2.75) is 0 Å². The second-order valence-electron chi connectivity index (χ2n) is 1.50. The standard InChI is InChI=1S/CH5N2O5P.Ca.H2O4S.2H/c2-1(4)3-8-9(5,6)7;;1-5(2,3)4;;/h(H3,2,3,4)(H2,5,6,7);;(H2,1,2,3,4);;/q;+2;;2*-1. The van der Waals surface area contributed by atoms with Crippen LogP contribution < -0.4 is 11.2 Å². The Hall–Kier alpha value is 0.510. The summed E-state index contributed by atoms with van der Waals surface area (Å²) in [5, 5.41) is 0. The molecule has 0 atom stereocenters. The van der Waals surface area contributed by atoms with Crippen molar-refractivity contribution in [2.24, 2.45) is 5.73 Å². The van der Waals surface area contributed by atoms with Crippen molar-refractivity contribution in [1.82, 2.24) is 5.48 Å². The number of nitrogens with one attached hydrogen (secondary N) is 1. The van der Waals surface area contributed by atoms with Crippen LogP contribution >= 0.6 is 7.82 Å². The van der Waals surface area contributed by atoms with Gasteiger partial charge in [0, 0.05) is 0 Å².